The van der Waals surface area contributed by atoms with Gasteiger partial charge in [0.2, 0.25) is 5.91 Å². The number of aromatic nitrogens is 2. The standard InChI is InChI=1S/C31H32ClN5O4S/c1-18-14-22(19(2)36(18)25-15-20(32)9-11-27(25)41-5)30-29(23-8-6-7-13-33-23)35-31(42)37(30)21-10-12-26(40-4)24(16-21)34-28(38)17-39-3/h6-16,29-30H,17H2,1-5H3,(H,34,38)(H,35,42)/t29-,30-/m0/s1. The number of halogens is 1. The van der Waals surface area contributed by atoms with E-state index in [1.165, 1.54) is 7.11 Å². The van der Waals surface area contributed by atoms with Crippen LogP contribution < -0.4 is 25.0 Å². The van der Waals surface area contributed by atoms with Crippen molar-refractivity contribution >= 4 is 46.2 Å². The number of carbonyl (C=O) groups is 1. The summed E-state index contributed by atoms with van der Waals surface area (Å²) in [5.74, 6) is 0.930. The number of benzene rings is 2. The Kier molecular flexibility index (Phi) is 8.67. The summed E-state index contributed by atoms with van der Waals surface area (Å²) >= 11 is 12.4. The van der Waals surface area contributed by atoms with E-state index >= 15 is 0 Å². The highest BCUT2D eigenvalue weighted by atomic mass is 35.5. The lowest BCUT2D eigenvalue weighted by Gasteiger charge is -2.29. The number of pyridine rings is 1. The molecule has 4 aromatic rings. The molecule has 0 saturated carbocycles. The molecule has 2 aromatic carbocycles. The summed E-state index contributed by atoms with van der Waals surface area (Å²) in [6.07, 6.45) is 1.77. The highest BCUT2D eigenvalue weighted by molar-refractivity contribution is 7.80. The van der Waals surface area contributed by atoms with Crippen LogP contribution in [0.5, 0.6) is 11.5 Å². The van der Waals surface area contributed by atoms with Gasteiger partial charge in [0.15, 0.2) is 5.11 Å². The Morgan fingerprint density at radius 3 is 2.50 bits per heavy atom. The zero-order valence-electron chi connectivity index (χ0n) is 24.0. The van der Waals surface area contributed by atoms with Gasteiger partial charge in [0.25, 0.3) is 0 Å². The number of amides is 1. The van der Waals surface area contributed by atoms with Crippen LogP contribution in [0.4, 0.5) is 11.4 Å². The van der Waals surface area contributed by atoms with Crippen molar-refractivity contribution in [1.82, 2.24) is 14.9 Å². The molecule has 2 aromatic heterocycles. The number of aryl methyl sites for hydroxylation is 1. The SMILES string of the molecule is COCC(=O)Nc1cc(N2C(=S)N[C@@H](c3ccccn3)[C@@H]2c2cc(C)n(-c3cc(Cl)ccc3OC)c2C)ccc1OC. The first-order valence-electron chi connectivity index (χ1n) is 13.3. The second-order valence-corrected chi connectivity index (χ2v) is 10.7. The highest BCUT2D eigenvalue weighted by Crippen LogP contribution is 2.45. The highest BCUT2D eigenvalue weighted by Gasteiger charge is 2.42. The number of nitrogens with zero attached hydrogens (tertiary/aromatic N) is 3. The molecule has 2 N–H and O–H groups in total. The summed E-state index contributed by atoms with van der Waals surface area (Å²) in [4.78, 5) is 19.2. The molecule has 0 spiro atoms. The van der Waals surface area contributed by atoms with Gasteiger partial charge in [-0.2, -0.15) is 0 Å². The summed E-state index contributed by atoms with van der Waals surface area (Å²) < 4.78 is 18.4. The molecule has 0 unspecified atom stereocenters. The normalized spacial score (nSPS) is 16.3. The minimum Gasteiger partial charge on any atom is -0.495 e. The summed E-state index contributed by atoms with van der Waals surface area (Å²) in [6, 6.07) is 18.6. The molecule has 1 fully saturated rings. The van der Waals surface area contributed by atoms with E-state index in [2.05, 4.69) is 45.0 Å². The van der Waals surface area contributed by atoms with Gasteiger partial charge in [-0.3, -0.25) is 9.78 Å². The van der Waals surface area contributed by atoms with Crippen LogP contribution in [0.2, 0.25) is 5.02 Å². The largest absolute Gasteiger partial charge is 0.495 e. The molecular formula is C31H32ClN5O4S. The van der Waals surface area contributed by atoms with Crippen LogP contribution in [0.15, 0.2) is 66.9 Å². The number of carbonyl (C=O) groups excluding carboxylic acids is 1. The van der Waals surface area contributed by atoms with Crippen LogP contribution in [-0.2, 0) is 9.53 Å². The molecule has 11 heteroatoms. The van der Waals surface area contributed by atoms with Crippen molar-refractivity contribution in [2.45, 2.75) is 25.9 Å². The van der Waals surface area contributed by atoms with E-state index in [0.29, 0.717) is 27.3 Å². The van der Waals surface area contributed by atoms with E-state index in [1.54, 1.807) is 20.4 Å². The minimum atomic E-state index is -0.294. The van der Waals surface area contributed by atoms with E-state index in [0.717, 1.165) is 34.0 Å². The summed E-state index contributed by atoms with van der Waals surface area (Å²) in [5, 5.41) is 7.52. The van der Waals surface area contributed by atoms with E-state index in [-0.39, 0.29) is 24.6 Å². The molecule has 0 radical (unpaired) electrons. The fourth-order valence-electron chi connectivity index (χ4n) is 5.51. The van der Waals surface area contributed by atoms with Crippen molar-refractivity contribution < 1.29 is 19.0 Å². The molecule has 42 heavy (non-hydrogen) atoms. The molecule has 1 amide bonds. The van der Waals surface area contributed by atoms with Gasteiger partial charge in [-0.25, -0.2) is 0 Å². The Balaban J connectivity index is 1.67. The smallest absolute Gasteiger partial charge is 0.250 e. The molecule has 1 aliphatic heterocycles. The van der Waals surface area contributed by atoms with Crippen molar-refractivity contribution in [3.8, 4) is 17.2 Å². The fraction of sp³-hybridized carbons (Fsp3) is 0.258. The number of ether oxygens (including phenoxy) is 3. The number of thiocarbonyl (C=S) groups is 1. The third kappa shape index (κ3) is 5.53. The van der Waals surface area contributed by atoms with Gasteiger partial charge in [-0.1, -0.05) is 17.7 Å². The number of methoxy groups -OCH3 is 3. The lowest BCUT2D eigenvalue weighted by atomic mass is 9.96. The van der Waals surface area contributed by atoms with Gasteiger partial charge in [-0.05, 0) is 86.2 Å². The van der Waals surface area contributed by atoms with Crippen LogP contribution >= 0.6 is 23.8 Å². The Morgan fingerprint density at radius 2 is 1.81 bits per heavy atom. The van der Waals surface area contributed by atoms with E-state index in [9.17, 15) is 4.79 Å². The second-order valence-electron chi connectivity index (χ2n) is 9.84. The van der Waals surface area contributed by atoms with Crippen LogP contribution in [0.25, 0.3) is 5.69 Å². The predicted molar refractivity (Wildman–Crippen MR) is 168 cm³/mol. The molecular weight excluding hydrogens is 574 g/mol. The number of anilines is 2. The van der Waals surface area contributed by atoms with Gasteiger partial charge in [0, 0.05) is 35.4 Å². The first-order valence-corrected chi connectivity index (χ1v) is 14.1. The second kappa shape index (κ2) is 12.4. The molecule has 5 rings (SSSR count). The average Bonchev–Trinajstić information content (AvgIpc) is 3.48. The van der Waals surface area contributed by atoms with E-state index < -0.39 is 0 Å². The summed E-state index contributed by atoms with van der Waals surface area (Å²) in [5.41, 5.74) is 6.01. The van der Waals surface area contributed by atoms with Crippen molar-refractivity contribution in [2.75, 3.05) is 38.2 Å². The summed E-state index contributed by atoms with van der Waals surface area (Å²) in [7, 11) is 4.67. The van der Waals surface area contributed by atoms with Gasteiger partial charge in [0.1, 0.15) is 18.1 Å². The van der Waals surface area contributed by atoms with Crippen molar-refractivity contribution in [3.05, 3.63) is 94.5 Å². The zero-order valence-corrected chi connectivity index (χ0v) is 25.5. The maximum atomic E-state index is 12.4. The van der Waals surface area contributed by atoms with Gasteiger partial charge < -0.3 is 34.3 Å². The number of hydrogen-bond acceptors (Lipinski definition) is 6. The number of hydrogen-bond donors (Lipinski definition) is 2. The maximum Gasteiger partial charge on any atom is 0.250 e. The van der Waals surface area contributed by atoms with Gasteiger partial charge in [-0.15, -0.1) is 0 Å². The molecule has 1 saturated heterocycles. The number of nitrogens with one attached hydrogen (secondary N) is 2. The third-order valence-electron chi connectivity index (χ3n) is 7.28. The van der Waals surface area contributed by atoms with Crippen LogP contribution in [0.1, 0.15) is 34.7 Å². The molecule has 3 heterocycles. The molecule has 2 atom stereocenters. The summed E-state index contributed by atoms with van der Waals surface area (Å²) in [6.45, 7) is 4.04. The maximum absolute atomic E-state index is 12.4. The Morgan fingerprint density at radius 1 is 1.05 bits per heavy atom. The minimum absolute atomic E-state index is 0.0829. The fourth-order valence-corrected chi connectivity index (χ4v) is 6.02. The van der Waals surface area contributed by atoms with Gasteiger partial charge in [0.05, 0.1) is 43.4 Å². The first-order chi connectivity index (χ1) is 20.3. The lowest BCUT2D eigenvalue weighted by Crippen LogP contribution is -2.29. The topological polar surface area (TPSA) is 89.9 Å². The Labute approximate surface area is 255 Å². The first kappa shape index (κ1) is 29.4. The van der Waals surface area contributed by atoms with E-state index in [4.69, 9.17) is 38.0 Å². The van der Waals surface area contributed by atoms with E-state index in [1.807, 2.05) is 54.6 Å². The Hall–Kier alpha value is -4.12. The lowest BCUT2D eigenvalue weighted by molar-refractivity contribution is -0.119. The molecule has 1 aliphatic rings. The Bertz CT molecular complexity index is 1630. The van der Waals surface area contributed by atoms with Gasteiger partial charge >= 0.3 is 0 Å². The third-order valence-corrected chi connectivity index (χ3v) is 7.83. The molecule has 0 aliphatic carbocycles. The van der Waals surface area contributed by atoms with Crippen LogP contribution in [-0.4, -0.2) is 48.5 Å². The van der Waals surface area contributed by atoms with Crippen LogP contribution in [0, 0.1) is 13.8 Å². The monoisotopic (exact) mass is 605 g/mol. The quantitative estimate of drug-likeness (QED) is 0.227. The zero-order chi connectivity index (χ0) is 30.0. The molecule has 0 bridgehead atoms. The van der Waals surface area contributed by atoms with Crippen molar-refractivity contribution in [2.24, 2.45) is 0 Å². The predicted octanol–water partition coefficient (Wildman–Crippen LogP) is 5.92. The molecule has 218 valence electrons. The van der Waals surface area contributed by atoms with Crippen LogP contribution in [0.3, 0.4) is 0 Å². The van der Waals surface area contributed by atoms with Crippen molar-refractivity contribution in [3.63, 3.8) is 0 Å². The molecule has 9 nitrogen and oxygen atoms in total. The number of rotatable bonds is 9. The average molecular weight is 606 g/mol. The van der Waals surface area contributed by atoms with Crippen molar-refractivity contribution in [1.29, 1.82) is 0 Å².